The van der Waals surface area contributed by atoms with Crippen LogP contribution in [0.5, 0.6) is 0 Å². The highest BCUT2D eigenvalue weighted by Crippen LogP contribution is 2.33. The van der Waals surface area contributed by atoms with Crippen molar-refractivity contribution in [2.45, 2.75) is 6.10 Å². The molecular formula is C10H8Br2N2O2. The summed E-state index contributed by atoms with van der Waals surface area (Å²) in [4.78, 5) is 3.91. The van der Waals surface area contributed by atoms with Gasteiger partial charge in [0.2, 0.25) is 0 Å². The maximum atomic E-state index is 10.1. The molecule has 0 fully saturated rings. The number of nitrogens with zero attached hydrogens (tertiary/aromatic N) is 1. The summed E-state index contributed by atoms with van der Waals surface area (Å²) in [5.41, 5.74) is 6.19. The van der Waals surface area contributed by atoms with Gasteiger partial charge in [0.25, 0.3) is 0 Å². The zero-order chi connectivity index (χ0) is 11.7. The average molecular weight is 348 g/mol. The Kier molecular flexibility index (Phi) is 3.32. The molecule has 0 spiro atoms. The first-order chi connectivity index (χ1) is 7.59. The van der Waals surface area contributed by atoms with E-state index >= 15 is 0 Å². The van der Waals surface area contributed by atoms with Crippen LogP contribution in [0.3, 0.4) is 0 Å². The first-order valence-electron chi connectivity index (χ1n) is 4.42. The van der Waals surface area contributed by atoms with Gasteiger partial charge < -0.3 is 15.3 Å². The quantitative estimate of drug-likeness (QED) is 0.876. The third-order valence-electron chi connectivity index (χ3n) is 2.10. The van der Waals surface area contributed by atoms with Crippen molar-refractivity contribution < 1.29 is 9.52 Å². The molecule has 4 nitrogen and oxygen atoms in total. The Bertz CT molecular complexity index is 494. The third kappa shape index (κ3) is 2.14. The molecule has 1 atom stereocenters. The lowest BCUT2D eigenvalue weighted by molar-refractivity contribution is 0.188. The second-order valence-corrected chi connectivity index (χ2v) is 4.73. The van der Waals surface area contributed by atoms with Gasteiger partial charge in [-0.25, -0.2) is 4.98 Å². The molecule has 0 aliphatic heterocycles. The molecule has 16 heavy (non-hydrogen) atoms. The van der Waals surface area contributed by atoms with E-state index in [9.17, 15) is 5.11 Å². The number of aliphatic hydroxyl groups excluding tert-OH is 1. The van der Waals surface area contributed by atoms with E-state index in [0.717, 1.165) is 4.47 Å². The fourth-order valence-electron chi connectivity index (χ4n) is 1.31. The minimum Gasteiger partial charge on any atom is -0.450 e. The lowest BCUT2D eigenvalue weighted by Gasteiger charge is -2.09. The molecule has 0 radical (unpaired) electrons. The number of aromatic nitrogens is 1. The van der Waals surface area contributed by atoms with Crippen molar-refractivity contribution in [2.75, 3.05) is 5.73 Å². The molecule has 2 aromatic heterocycles. The first kappa shape index (κ1) is 11.6. The van der Waals surface area contributed by atoms with Crippen molar-refractivity contribution in [2.24, 2.45) is 0 Å². The topological polar surface area (TPSA) is 72.3 Å². The summed E-state index contributed by atoms with van der Waals surface area (Å²) in [6.07, 6.45) is 0.649. The molecule has 84 valence electrons. The van der Waals surface area contributed by atoms with E-state index < -0.39 is 6.10 Å². The number of halogens is 2. The van der Waals surface area contributed by atoms with Crippen LogP contribution in [0.4, 0.5) is 5.82 Å². The molecule has 6 heteroatoms. The van der Waals surface area contributed by atoms with Gasteiger partial charge in [0.1, 0.15) is 17.7 Å². The average Bonchev–Trinajstić information content (AvgIpc) is 2.59. The Hall–Kier alpha value is -0.850. The molecule has 1 unspecified atom stereocenters. The van der Waals surface area contributed by atoms with Gasteiger partial charge in [-0.15, -0.1) is 0 Å². The Morgan fingerprint density at radius 2 is 2.19 bits per heavy atom. The van der Waals surface area contributed by atoms with Gasteiger partial charge in [0.05, 0.1) is 4.47 Å². The van der Waals surface area contributed by atoms with Crippen molar-refractivity contribution in [1.29, 1.82) is 0 Å². The van der Waals surface area contributed by atoms with Crippen LogP contribution in [-0.4, -0.2) is 10.1 Å². The summed E-state index contributed by atoms with van der Waals surface area (Å²) in [7, 11) is 0. The lowest BCUT2D eigenvalue weighted by Crippen LogP contribution is -2.04. The summed E-state index contributed by atoms with van der Waals surface area (Å²) in [5.74, 6) is 0.692. The maximum Gasteiger partial charge on any atom is 0.183 e. The monoisotopic (exact) mass is 346 g/mol. The van der Waals surface area contributed by atoms with Gasteiger partial charge in [-0.05, 0) is 44.0 Å². The van der Waals surface area contributed by atoms with Crippen LogP contribution in [0.15, 0.2) is 38.0 Å². The van der Waals surface area contributed by atoms with Gasteiger partial charge in [-0.1, -0.05) is 6.07 Å². The maximum absolute atomic E-state index is 10.1. The van der Waals surface area contributed by atoms with E-state index in [-0.39, 0.29) is 0 Å². The lowest BCUT2D eigenvalue weighted by atomic mass is 10.1. The van der Waals surface area contributed by atoms with Crippen LogP contribution >= 0.6 is 31.9 Å². The predicted octanol–water partition coefficient (Wildman–Crippen LogP) is 2.86. The molecule has 2 rings (SSSR count). The molecule has 0 aromatic carbocycles. The minimum absolute atomic E-state index is 0.290. The van der Waals surface area contributed by atoms with Crippen LogP contribution in [-0.2, 0) is 0 Å². The van der Waals surface area contributed by atoms with Crippen molar-refractivity contribution in [3.8, 4) is 0 Å². The number of hydrogen-bond donors (Lipinski definition) is 2. The summed E-state index contributed by atoms with van der Waals surface area (Å²) in [5, 5.41) is 10.1. The van der Waals surface area contributed by atoms with Crippen molar-refractivity contribution in [3.63, 3.8) is 0 Å². The number of hydrogen-bond acceptors (Lipinski definition) is 4. The zero-order valence-corrected chi connectivity index (χ0v) is 11.2. The molecule has 0 bridgehead atoms. The van der Waals surface area contributed by atoms with E-state index in [1.807, 2.05) is 0 Å². The van der Waals surface area contributed by atoms with Gasteiger partial charge in [0.15, 0.2) is 4.67 Å². The number of nitrogen functional groups attached to an aromatic ring is 1. The van der Waals surface area contributed by atoms with Crippen LogP contribution in [0.2, 0.25) is 0 Å². The van der Waals surface area contributed by atoms with E-state index in [0.29, 0.717) is 21.8 Å². The van der Waals surface area contributed by atoms with Crippen LogP contribution < -0.4 is 5.73 Å². The second kappa shape index (κ2) is 4.57. The molecule has 0 saturated heterocycles. The van der Waals surface area contributed by atoms with Crippen LogP contribution in [0.1, 0.15) is 17.4 Å². The van der Waals surface area contributed by atoms with E-state index in [2.05, 4.69) is 36.8 Å². The number of anilines is 1. The Labute approximate surface area is 109 Å². The Morgan fingerprint density at radius 3 is 2.75 bits per heavy atom. The van der Waals surface area contributed by atoms with Crippen molar-refractivity contribution >= 4 is 37.7 Å². The fraction of sp³-hybridized carbons (Fsp3) is 0.100. The van der Waals surface area contributed by atoms with Crippen LogP contribution in [0, 0.1) is 0 Å². The van der Waals surface area contributed by atoms with Crippen molar-refractivity contribution in [1.82, 2.24) is 4.98 Å². The van der Waals surface area contributed by atoms with Gasteiger partial charge in [0, 0.05) is 11.8 Å². The largest absolute Gasteiger partial charge is 0.450 e. The molecule has 2 aromatic rings. The number of furan rings is 1. The molecule has 0 aliphatic carbocycles. The van der Waals surface area contributed by atoms with E-state index in [1.54, 1.807) is 24.4 Å². The second-order valence-electron chi connectivity index (χ2n) is 3.15. The highest BCUT2D eigenvalue weighted by atomic mass is 79.9. The summed E-state index contributed by atoms with van der Waals surface area (Å²) >= 11 is 6.48. The molecule has 2 heterocycles. The highest BCUT2D eigenvalue weighted by Gasteiger charge is 2.19. The van der Waals surface area contributed by atoms with Crippen LogP contribution in [0.25, 0.3) is 0 Å². The Morgan fingerprint density at radius 1 is 1.44 bits per heavy atom. The van der Waals surface area contributed by atoms with Gasteiger partial charge in [-0.3, -0.25) is 0 Å². The normalized spacial score (nSPS) is 12.7. The fourth-order valence-corrected chi connectivity index (χ4v) is 1.92. The third-order valence-corrected chi connectivity index (χ3v) is 3.81. The number of aliphatic hydroxyl groups is 1. The van der Waals surface area contributed by atoms with Crippen molar-refractivity contribution in [3.05, 3.63) is 44.9 Å². The molecule has 0 aliphatic rings. The molecule has 0 saturated carbocycles. The number of pyridine rings is 1. The number of nitrogens with two attached hydrogens (primary N) is 1. The molecule has 0 amide bonds. The van der Waals surface area contributed by atoms with E-state index in [4.69, 9.17) is 10.2 Å². The Balaban J connectivity index is 2.39. The minimum atomic E-state index is -0.920. The van der Waals surface area contributed by atoms with Gasteiger partial charge in [-0.2, -0.15) is 0 Å². The predicted molar refractivity (Wildman–Crippen MR) is 66.8 cm³/mol. The number of rotatable bonds is 2. The SMILES string of the molecule is Nc1ncccc1C(O)c1cc(Br)c(Br)o1. The summed E-state index contributed by atoms with van der Waals surface area (Å²) in [6.45, 7) is 0. The van der Waals surface area contributed by atoms with Gasteiger partial charge >= 0.3 is 0 Å². The smallest absolute Gasteiger partial charge is 0.183 e. The zero-order valence-electron chi connectivity index (χ0n) is 8.02. The molecular weight excluding hydrogens is 340 g/mol. The molecule has 3 N–H and O–H groups in total. The standard InChI is InChI=1S/C10H8Br2N2O2/c11-6-4-7(16-9(6)12)8(15)5-2-1-3-14-10(5)13/h1-4,8,15H,(H2,13,14). The summed E-state index contributed by atoms with van der Waals surface area (Å²) < 4.78 is 6.59. The highest BCUT2D eigenvalue weighted by molar-refractivity contribution is 9.13. The first-order valence-corrected chi connectivity index (χ1v) is 6.01. The van der Waals surface area contributed by atoms with E-state index in [1.165, 1.54) is 0 Å². The summed E-state index contributed by atoms with van der Waals surface area (Å²) in [6, 6.07) is 5.10.